The summed E-state index contributed by atoms with van der Waals surface area (Å²) in [6, 6.07) is 3.17. The van der Waals surface area contributed by atoms with Gasteiger partial charge in [-0.1, -0.05) is 6.92 Å². The average molecular weight is 216 g/mol. The molecule has 3 nitrogen and oxygen atoms in total. The number of pyridine rings is 1. The van der Waals surface area contributed by atoms with Crippen LogP contribution in [0.25, 0.3) is 0 Å². The topological polar surface area (TPSA) is 48.1 Å². The van der Waals surface area contributed by atoms with Gasteiger partial charge in [0.2, 0.25) is 0 Å². The highest BCUT2D eigenvalue weighted by molar-refractivity contribution is 5.21. The van der Waals surface area contributed by atoms with Crippen LogP contribution in [-0.4, -0.2) is 18.0 Å². The third-order valence-corrected chi connectivity index (χ3v) is 1.95. The van der Waals surface area contributed by atoms with Gasteiger partial charge < -0.3 is 10.5 Å². The zero-order chi connectivity index (χ0) is 11.3. The quantitative estimate of drug-likeness (QED) is 0.820. The lowest BCUT2D eigenvalue weighted by Gasteiger charge is -2.09. The van der Waals surface area contributed by atoms with E-state index in [1.54, 1.807) is 12.1 Å². The van der Waals surface area contributed by atoms with Crippen molar-refractivity contribution in [1.29, 1.82) is 0 Å². The van der Waals surface area contributed by atoms with Crippen molar-refractivity contribution in [2.45, 2.75) is 25.8 Å². The second-order valence-electron chi connectivity index (χ2n) is 3.14. The summed E-state index contributed by atoms with van der Waals surface area (Å²) in [6.07, 6.45) is -0.278. The van der Waals surface area contributed by atoms with E-state index in [1.165, 1.54) is 6.20 Å². The van der Waals surface area contributed by atoms with E-state index < -0.39 is 13.0 Å². The van der Waals surface area contributed by atoms with Crippen molar-refractivity contribution >= 4 is 0 Å². The van der Waals surface area contributed by atoms with Crippen LogP contribution in [0.3, 0.4) is 0 Å². The number of rotatable bonds is 5. The molecule has 15 heavy (non-hydrogen) atoms. The van der Waals surface area contributed by atoms with Crippen LogP contribution in [-0.2, 0) is 0 Å². The predicted molar refractivity (Wildman–Crippen MR) is 53.0 cm³/mol. The Balaban J connectivity index is 2.56. The number of ether oxygens (including phenoxy) is 1. The summed E-state index contributed by atoms with van der Waals surface area (Å²) >= 11 is 0. The van der Waals surface area contributed by atoms with Gasteiger partial charge in [0.15, 0.2) is 0 Å². The maximum absolute atomic E-state index is 11.8. The number of nitrogens with zero attached hydrogens (tertiary/aromatic N) is 1. The summed E-state index contributed by atoms with van der Waals surface area (Å²) in [5.74, 6) is 0.336. The third kappa shape index (κ3) is 3.79. The van der Waals surface area contributed by atoms with E-state index in [2.05, 4.69) is 4.98 Å². The molecule has 5 heteroatoms. The first-order valence-electron chi connectivity index (χ1n) is 4.76. The van der Waals surface area contributed by atoms with Crippen LogP contribution < -0.4 is 10.5 Å². The first-order valence-corrected chi connectivity index (χ1v) is 4.76. The summed E-state index contributed by atoms with van der Waals surface area (Å²) in [6.45, 7) is 1.34. The molecule has 0 saturated heterocycles. The van der Waals surface area contributed by atoms with E-state index in [0.29, 0.717) is 5.75 Å². The smallest absolute Gasteiger partial charge is 0.272 e. The zero-order valence-corrected chi connectivity index (χ0v) is 8.49. The van der Waals surface area contributed by atoms with Crippen molar-refractivity contribution < 1.29 is 13.5 Å². The van der Waals surface area contributed by atoms with Crippen LogP contribution >= 0.6 is 0 Å². The maximum Gasteiger partial charge on any atom is 0.272 e. The maximum atomic E-state index is 11.8. The highest BCUT2D eigenvalue weighted by atomic mass is 19.3. The zero-order valence-electron chi connectivity index (χ0n) is 8.49. The number of hydrogen-bond acceptors (Lipinski definition) is 3. The fraction of sp³-hybridized carbons (Fsp3) is 0.500. The largest absolute Gasteiger partial charge is 0.486 e. The fourth-order valence-corrected chi connectivity index (χ4v) is 1.06. The SMILES string of the molecule is CC[C@@H](N)c1ccc(OCC(F)F)cn1. The van der Waals surface area contributed by atoms with E-state index in [1.807, 2.05) is 6.92 Å². The van der Waals surface area contributed by atoms with Crippen molar-refractivity contribution in [3.8, 4) is 5.75 Å². The Morgan fingerprint density at radius 3 is 2.67 bits per heavy atom. The molecule has 2 N–H and O–H groups in total. The Labute approximate surface area is 87.3 Å². The minimum absolute atomic E-state index is 0.117. The van der Waals surface area contributed by atoms with Gasteiger partial charge in [-0.25, -0.2) is 8.78 Å². The lowest BCUT2D eigenvalue weighted by atomic mass is 10.1. The molecule has 0 radical (unpaired) electrons. The molecule has 0 aliphatic carbocycles. The Morgan fingerprint density at radius 1 is 1.47 bits per heavy atom. The van der Waals surface area contributed by atoms with Crippen LogP contribution in [0.4, 0.5) is 8.78 Å². The first kappa shape index (κ1) is 11.8. The van der Waals surface area contributed by atoms with Crippen molar-refractivity contribution in [2.24, 2.45) is 5.73 Å². The Kier molecular flexibility index (Phi) is 4.42. The van der Waals surface area contributed by atoms with Gasteiger partial charge in [0, 0.05) is 6.04 Å². The van der Waals surface area contributed by atoms with Gasteiger partial charge >= 0.3 is 0 Å². The van der Waals surface area contributed by atoms with E-state index >= 15 is 0 Å². The standard InChI is InChI=1S/C10H14F2N2O/c1-2-8(13)9-4-3-7(5-14-9)15-6-10(11)12/h3-5,8,10H,2,6,13H2,1H3/t8-/m1/s1. The second kappa shape index (κ2) is 5.60. The molecule has 0 aliphatic rings. The minimum atomic E-state index is -2.47. The molecule has 0 fully saturated rings. The van der Waals surface area contributed by atoms with Crippen molar-refractivity contribution in [1.82, 2.24) is 4.98 Å². The molecule has 84 valence electrons. The fourth-order valence-electron chi connectivity index (χ4n) is 1.06. The van der Waals surface area contributed by atoms with E-state index in [-0.39, 0.29) is 6.04 Å². The molecular formula is C10H14F2N2O. The number of halogens is 2. The second-order valence-corrected chi connectivity index (χ2v) is 3.14. The van der Waals surface area contributed by atoms with E-state index in [9.17, 15) is 8.78 Å². The van der Waals surface area contributed by atoms with Gasteiger partial charge in [-0.05, 0) is 18.6 Å². The van der Waals surface area contributed by atoms with Gasteiger partial charge in [-0.3, -0.25) is 4.98 Å². The molecule has 1 rings (SSSR count). The van der Waals surface area contributed by atoms with Gasteiger partial charge in [0.05, 0.1) is 11.9 Å². The lowest BCUT2D eigenvalue weighted by molar-refractivity contribution is 0.0817. The number of hydrogen-bond donors (Lipinski definition) is 1. The van der Waals surface area contributed by atoms with E-state index in [4.69, 9.17) is 10.5 Å². The number of aromatic nitrogens is 1. The van der Waals surface area contributed by atoms with Gasteiger partial charge in [-0.15, -0.1) is 0 Å². The Morgan fingerprint density at radius 2 is 2.20 bits per heavy atom. The molecule has 1 heterocycles. The highest BCUT2D eigenvalue weighted by Gasteiger charge is 2.06. The average Bonchev–Trinajstić information content (AvgIpc) is 2.26. The Hall–Kier alpha value is -1.23. The van der Waals surface area contributed by atoms with Crippen LogP contribution in [0, 0.1) is 0 Å². The summed E-state index contributed by atoms with van der Waals surface area (Å²) in [5.41, 5.74) is 6.48. The monoisotopic (exact) mass is 216 g/mol. The molecule has 1 aromatic heterocycles. The van der Waals surface area contributed by atoms with Crippen molar-refractivity contribution in [2.75, 3.05) is 6.61 Å². The van der Waals surface area contributed by atoms with Crippen LogP contribution in [0.5, 0.6) is 5.75 Å². The normalized spacial score (nSPS) is 12.9. The summed E-state index contributed by atoms with van der Waals surface area (Å²) in [7, 11) is 0. The van der Waals surface area contributed by atoms with Crippen molar-refractivity contribution in [3.05, 3.63) is 24.0 Å². The molecule has 1 aromatic rings. The van der Waals surface area contributed by atoms with Crippen molar-refractivity contribution in [3.63, 3.8) is 0 Å². The minimum Gasteiger partial charge on any atom is -0.486 e. The lowest BCUT2D eigenvalue weighted by Crippen LogP contribution is -2.11. The van der Waals surface area contributed by atoms with E-state index in [0.717, 1.165) is 12.1 Å². The summed E-state index contributed by atoms with van der Waals surface area (Å²) in [5, 5.41) is 0. The van der Waals surface area contributed by atoms with Gasteiger partial charge in [-0.2, -0.15) is 0 Å². The van der Waals surface area contributed by atoms with Crippen LogP contribution in [0.1, 0.15) is 25.1 Å². The van der Waals surface area contributed by atoms with Crippen LogP contribution in [0.15, 0.2) is 18.3 Å². The molecule has 0 aliphatic heterocycles. The third-order valence-electron chi connectivity index (χ3n) is 1.95. The molecule has 0 saturated carbocycles. The number of alkyl halides is 2. The Bertz CT molecular complexity index is 290. The van der Waals surface area contributed by atoms with Gasteiger partial charge in [0.25, 0.3) is 6.43 Å². The summed E-state index contributed by atoms with van der Waals surface area (Å²) < 4.78 is 28.4. The molecular weight excluding hydrogens is 202 g/mol. The van der Waals surface area contributed by atoms with Gasteiger partial charge in [0.1, 0.15) is 12.4 Å². The number of nitrogens with two attached hydrogens (primary N) is 1. The molecule has 0 aromatic carbocycles. The highest BCUT2D eigenvalue weighted by Crippen LogP contribution is 2.15. The molecule has 1 atom stereocenters. The molecule has 0 bridgehead atoms. The molecule has 0 amide bonds. The summed E-state index contributed by atoms with van der Waals surface area (Å²) in [4.78, 5) is 4.03. The molecule has 0 unspecified atom stereocenters. The predicted octanol–water partition coefficient (Wildman–Crippen LogP) is 2.14. The first-order chi connectivity index (χ1) is 7.13. The molecule has 0 spiro atoms. The van der Waals surface area contributed by atoms with Crippen LogP contribution in [0.2, 0.25) is 0 Å².